The summed E-state index contributed by atoms with van der Waals surface area (Å²) in [7, 11) is 0. The predicted octanol–water partition coefficient (Wildman–Crippen LogP) is 2.76. The van der Waals surface area contributed by atoms with Gasteiger partial charge < -0.3 is 5.32 Å². The number of hydrogen-bond acceptors (Lipinski definition) is 2. The second kappa shape index (κ2) is 7.93. The smallest absolute Gasteiger partial charge is 0.00642 e. The van der Waals surface area contributed by atoms with Crippen LogP contribution >= 0.6 is 11.8 Å². The number of thioether (sulfide) groups is 1. The van der Waals surface area contributed by atoms with E-state index >= 15 is 0 Å². The van der Waals surface area contributed by atoms with Gasteiger partial charge in [0.25, 0.3) is 0 Å². The first kappa shape index (κ1) is 12.3. The molecule has 0 aromatic rings. The van der Waals surface area contributed by atoms with E-state index in [4.69, 9.17) is 0 Å². The van der Waals surface area contributed by atoms with Crippen molar-refractivity contribution in [3.05, 3.63) is 0 Å². The Labute approximate surface area is 81.7 Å². The van der Waals surface area contributed by atoms with Crippen molar-refractivity contribution < 1.29 is 0 Å². The van der Waals surface area contributed by atoms with E-state index < -0.39 is 0 Å². The predicted molar refractivity (Wildman–Crippen MR) is 59.9 cm³/mol. The fraction of sp³-hybridized carbons (Fsp3) is 1.00. The van der Waals surface area contributed by atoms with Crippen molar-refractivity contribution in [2.45, 2.75) is 39.7 Å². The summed E-state index contributed by atoms with van der Waals surface area (Å²) >= 11 is 1.93. The lowest BCUT2D eigenvalue weighted by molar-refractivity contribution is 0.392. The fourth-order valence-corrected chi connectivity index (χ4v) is 1.53. The summed E-state index contributed by atoms with van der Waals surface area (Å²) in [5, 5.41) is 3.55. The molecule has 0 heterocycles. The molecule has 1 nitrogen and oxygen atoms in total. The van der Waals surface area contributed by atoms with Crippen molar-refractivity contribution in [1.82, 2.24) is 5.32 Å². The Hall–Kier alpha value is 0.310. The van der Waals surface area contributed by atoms with Crippen LogP contribution in [0.2, 0.25) is 0 Å². The van der Waals surface area contributed by atoms with Gasteiger partial charge in [0, 0.05) is 6.04 Å². The van der Waals surface area contributed by atoms with Crippen LogP contribution in [-0.4, -0.2) is 24.6 Å². The summed E-state index contributed by atoms with van der Waals surface area (Å²) in [5.74, 6) is 2.08. The molecule has 0 aromatic heterocycles. The molecule has 1 N–H and O–H groups in total. The lowest BCUT2D eigenvalue weighted by atomic mass is 10.0. The third kappa shape index (κ3) is 5.90. The third-order valence-corrected chi connectivity index (χ3v) is 3.19. The Morgan fingerprint density at radius 1 is 1.33 bits per heavy atom. The molecule has 0 saturated carbocycles. The fourth-order valence-electron chi connectivity index (χ4n) is 1.10. The van der Waals surface area contributed by atoms with E-state index in [1.54, 1.807) is 0 Å². The van der Waals surface area contributed by atoms with Crippen molar-refractivity contribution in [2.75, 3.05) is 18.6 Å². The van der Waals surface area contributed by atoms with Crippen LogP contribution in [0.15, 0.2) is 0 Å². The molecule has 2 heteroatoms. The molecule has 0 spiro atoms. The Kier molecular flexibility index (Phi) is 8.14. The molecule has 0 radical (unpaired) electrons. The summed E-state index contributed by atoms with van der Waals surface area (Å²) in [6, 6.07) is 0.678. The third-order valence-electron chi connectivity index (χ3n) is 2.49. The Balaban J connectivity index is 3.24. The summed E-state index contributed by atoms with van der Waals surface area (Å²) in [4.78, 5) is 0. The molecule has 0 saturated heterocycles. The zero-order chi connectivity index (χ0) is 9.40. The molecule has 0 aliphatic heterocycles. The van der Waals surface area contributed by atoms with Crippen LogP contribution in [0.1, 0.15) is 33.6 Å². The topological polar surface area (TPSA) is 12.0 Å². The maximum atomic E-state index is 3.55. The standard InChI is InChI=1S/C10H23NS/c1-5-9(2)10(3)11-7-6-8-12-4/h9-11H,5-8H2,1-4H3. The van der Waals surface area contributed by atoms with Crippen LogP contribution in [0.4, 0.5) is 0 Å². The lowest BCUT2D eigenvalue weighted by Crippen LogP contribution is -2.32. The van der Waals surface area contributed by atoms with Crippen LogP contribution < -0.4 is 5.32 Å². The molecule has 0 bridgehead atoms. The first-order chi connectivity index (χ1) is 5.72. The van der Waals surface area contributed by atoms with Gasteiger partial charge in [0.2, 0.25) is 0 Å². The normalized spacial score (nSPS) is 16.0. The van der Waals surface area contributed by atoms with Gasteiger partial charge in [-0.25, -0.2) is 0 Å². The van der Waals surface area contributed by atoms with Crippen LogP contribution in [0.3, 0.4) is 0 Å². The van der Waals surface area contributed by atoms with Crippen molar-refractivity contribution in [3.8, 4) is 0 Å². The average molecular weight is 189 g/mol. The molecule has 74 valence electrons. The summed E-state index contributed by atoms with van der Waals surface area (Å²) in [6.07, 6.45) is 4.73. The van der Waals surface area contributed by atoms with E-state index in [0.717, 1.165) is 5.92 Å². The van der Waals surface area contributed by atoms with Gasteiger partial charge in [-0.3, -0.25) is 0 Å². The molecule has 0 aliphatic carbocycles. The highest BCUT2D eigenvalue weighted by atomic mass is 32.2. The van der Waals surface area contributed by atoms with E-state index in [0.29, 0.717) is 6.04 Å². The molecule has 0 aliphatic rings. The molecule has 0 amide bonds. The average Bonchev–Trinajstić information content (AvgIpc) is 2.10. The van der Waals surface area contributed by atoms with Gasteiger partial charge in [0.05, 0.1) is 0 Å². The van der Waals surface area contributed by atoms with E-state index in [1.807, 2.05) is 11.8 Å². The van der Waals surface area contributed by atoms with Crippen molar-refractivity contribution in [3.63, 3.8) is 0 Å². The second-order valence-corrected chi connectivity index (χ2v) is 4.46. The summed E-state index contributed by atoms with van der Waals surface area (Å²) < 4.78 is 0. The molecule has 12 heavy (non-hydrogen) atoms. The first-order valence-corrected chi connectivity index (χ1v) is 6.34. The maximum Gasteiger partial charge on any atom is 0.00642 e. The monoisotopic (exact) mass is 189 g/mol. The maximum absolute atomic E-state index is 3.55. The largest absolute Gasteiger partial charge is 0.314 e. The quantitative estimate of drug-likeness (QED) is 0.618. The first-order valence-electron chi connectivity index (χ1n) is 4.94. The highest BCUT2D eigenvalue weighted by molar-refractivity contribution is 7.98. The van der Waals surface area contributed by atoms with Crippen molar-refractivity contribution in [2.24, 2.45) is 5.92 Å². The van der Waals surface area contributed by atoms with E-state index in [-0.39, 0.29) is 0 Å². The summed E-state index contributed by atoms with van der Waals surface area (Å²) in [6.45, 7) is 8.02. The van der Waals surface area contributed by atoms with E-state index in [2.05, 4.69) is 32.3 Å². The minimum Gasteiger partial charge on any atom is -0.314 e. The molecular formula is C10H23NS. The zero-order valence-electron chi connectivity index (χ0n) is 8.89. The molecule has 2 unspecified atom stereocenters. The van der Waals surface area contributed by atoms with Gasteiger partial charge in [-0.15, -0.1) is 0 Å². The molecule has 0 rings (SSSR count). The zero-order valence-corrected chi connectivity index (χ0v) is 9.71. The number of rotatable bonds is 7. The van der Waals surface area contributed by atoms with Gasteiger partial charge in [-0.1, -0.05) is 20.3 Å². The Morgan fingerprint density at radius 2 is 2.00 bits per heavy atom. The van der Waals surface area contributed by atoms with Crippen LogP contribution in [0.25, 0.3) is 0 Å². The van der Waals surface area contributed by atoms with Gasteiger partial charge in [0.15, 0.2) is 0 Å². The molecular weight excluding hydrogens is 166 g/mol. The minimum absolute atomic E-state index is 0.678. The van der Waals surface area contributed by atoms with Crippen molar-refractivity contribution >= 4 is 11.8 Å². The lowest BCUT2D eigenvalue weighted by Gasteiger charge is -2.19. The number of hydrogen-bond donors (Lipinski definition) is 1. The number of nitrogens with one attached hydrogen (secondary N) is 1. The highest BCUT2D eigenvalue weighted by Crippen LogP contribution is 2.06. The Morgan fingerprint density at radius 3 is 2.50 bits per heavy atom. The molecule has 2 atom stereocenters. The summed E-state index contributed by atoms with van der Waals surface area (Å²) in [5.41, 5.74) is 0. The highest BCUT2D eigenvalue weighted by Gasteiger charge is 2.07. The van der Waals surface area contributed by atoms with Crippen molar-refractivity contribution in [1.29, 1.82) is 0 Å². The van der Waals surface area contributed by atoms with E-state index in [1.165, 1.54) is 25.1 Å². The van der Waals surface area contributed by atoms with Crippen LogP contribution in [0, 0.1) is 5.92 Å². The molecule has 0 fully saturated rings. The van der Waals surface area contributed by atoms with Gasteiger partial charge >= 0.3 is 0 Å². The minimum atomic E-state index is 0.678. The van der Waals surface area contributed by atoms with Crippen LogP contribution in [0.5, 0.6) is 0 Å². The van der Waals surface area contributed by atoms with Gasteiger partial charge in [0.1, 0.15) is 0 Å². The van der Waals surface area contributed by atoms with E-state index in [9.17, 15) is 0 Å². The SMILES string of the molecule is CCC(C)C(C)NCCCSC. The second-order valence-electron chi connectivity index (χ2n) is 3.47. The van der Waals surface area contributed by atoms with Crippen LogP contribution in [-0.2, 0) is 0 Å². The molecule has 0 aromatic carbocycles. The van der Waals surface area contributed by atoms with Gasteiger partial charge in [-0.2, -0.15) is 11.8 Å². The van der Waals surface area contributed by atoms with Gasteiger partial charge in [-0.05, 0) is 37.8 Å². The Bertz CT molecular complexity index is 95.8.